The predicted molar refractivity (Wildman–Crippen MR) is 76.6 cm³/mol. The van der Waals surface area contributed by atoms with E-state index in [1.54, 1.807) is 7.11 Å². The fourth-order valence-electron chi connectivity index (χ4n) is 2.04. The summed E-state index contributed by atoms with van der Waals surface area (Å²) in [6.07, 6.45) is 3.27. The third kappa shape index (κ3) is 6.15. The lowest BCUT2D eigenvalue weighted by molar-refractivity contribution is 0.178. The van der Waals surface area contributed by atoms with Gasteiger partial charge in [0.25, 0.3) is 0 Å². The molecule has 1 unspecified atom stereocenters. The number of benzene rings is 1. The van der Waals surface area contributed by atoms with Crippen molar-refractivity contribution in [3.05, 3.63) is 35.9 Å². The van der Waals surface area contributed by atoms with Crippen LogP contribution < -0.4 is 5.73 Å². The van der Waals surface area contributed by atoms with Gasteiger partial charge in [-0.1, -0.05) is 30.3 Å². The summed E-state index contributed by atoms with van der Waals surface area (Å²) in [5, 5.41) is 0. The van der Waals surface area contributed by atoms with E-state index in [-0.39, 0.29) is 6.04 Å². The van der Waals surface area contributed by atoms with Crippen LogP contribution in [0.3, 0.4) is 0 Å². The highest BCUT2D eigenvalue weighted by Crippen LogP contribution is 2.15. The Morgan fingerprint density at radius 1 is 1.17 bits per heavy atom. The summed E-state index contributed by atoms with van der Waals surface area (Å²) in [5.41, 5.74) is 7.40. The van der Waals surface area contributed by atoms with Gasteiger partial charge >= 0.3 is 0 Å². The SMILES string of the molecule is COCCCN(C)CCCC(N)c1ccccc1. The Balaban J connectivity index is 2.13. The van der Waals surface area contributed by atoms with Crippen molar-refractivity contribution in [2.45, 2.75) is 25.3 Å². The predicted octanol–water partition coefficient (Wildman–Crippen LogP) is 2.43. The molecule has 1 atom stereocenters. The molecule has 0 saturated carbocycles. The van der Waals surface area contributed by atoms with Crippen molar-refractivity contribution >= 4 is 0 Å². The van der Waals surface area contributed by atoms with Crippen LogP contribution in [0.2, 0.25) is 0 Å². The molecule has 0 bridgehead atoms. The molecule has 0 saturated heterocycles. The van der Waals surface area contributed by atoms with E-state index in [4.69, 9.17) is 10.5 Å². The highest BCUT2D eigenvalue weighted by molar-refractivity contribution is 5.18. The highest BCUT2D eigenvalue weighted by Gasteiger charge is 2.05. The van der Waals surface area contributed by atoms with Gasteiger partial charge in [0.05, 0.1) is 0 Å². The second-order valence-electron chi connectivity index (χ2n) is 4.81. The average Bonchev–Trinajstić information content (AvgIpc) is 2.40. The molecule has 102 valence electrons. The lowest BCUT2D eigenvalue weighted by atomic mass is 10.0. The second-order valence-corrected chi connectivity index (χ2v) is 4.81. The van der Waals surface area contributed by atoms with Crippen LogP contribution >= 0.6 is 0 Å². The normalized spacial score (nSPS) is 12.9. The highest BCUT2D eigenvalue weighted by atomic mass is 16.5. The molecular weight excluding hydrogens is 224 g/mol. The summed E-state index contributed by atoms with van der Waals surface area (Å²) < 4.78 is 5.05. The van der Waals surface area contributed by atoms with Gasteiger partial charge in [0, 0.05) is 26.3 Å². The van der Waals surface area contributed by atoms with Crippen molar-refractivity contribution in [1.82, 2.24) is 4.90 Å². The van der Waals surface area contributed by atoms with Gasteiger partial charge in [-0.25, -0.2) is 0 Å². The van der Waals surface area contributed by atoms with Crippen LogP contribution in [-0.4, -0.2) is 38.8 Å². The molecule has 1 rings (SSSR count). The van der Waals surface area contributed by atoms with Crippen molar-refractivity contribution in [3.63, 3.8) is 0 Å². The van der Waals surface area contributed by atoms with Crippen molar-refractivity contribution < 1.29 is 4.74 Å². The van der Waals surface area contributed by atoms with Crippen molar-refractivity contribution in [1.29, 1.82) is 0 Å². The zero-order valence-corrected chi connectivity index (χ0v) is 11.6. The van der Waals surface area contributed by atoms with Gasteiger partial charge in [0.1, 0.15) is 0 Å². The van der Waals surface area contributed by atoms with E-state index >= 15 is 0 Å². The number of hydrogen-bond acceptors (Lipinski definition) is 3. The minimum atomic E-state index is 0.165. The monoisotopic (exact) mass is 250 g/mol. The fraction of sp³-hybridized carbons (Fsp3) is 0.600. The van der Waals surface area contributed by atoms with Gasteiger partial charge < -0.3 is 15.4 Å². The van der Waals surface area contributed by atoms with Crippen LogP contribution in [0.25, 0.3) is 0 Å². The zero-order valence-electron chi connectivity index (χ0n) is 11.6. The standard InChI is InChI=1S/C15H26N2O/c1-17(12-7-13-18-2)11-6-10-15(16)14-8-4-3-5-9-14/h3-5,8-9,15H,6-7,10-13,16H2,1-2H3. The minimum absolute atomic E-state index is 0.165. The Hall–Kier alpha value is -0.900. The second kappa shape index (κ2) is 9.09. The van der Waals surface area contributed by atoms with E-state index in [0.717, 1.165) is 39.0 Å². The Morgan fingerprint density at radius 2 is 1.83 bits per heavy atom. The maximum absolute atomic E-state index is 6.16. The molecule has 3 heteroatoms. The Labute approximate surface area is 111 Å². The largest absolute Gasteiger partial charge is 0.385 e. The number of methoxy groups -OCH3 is 1. The number of rotatable bonds is 9. The maximum atomic E-state index is 6.16. The lowest BCUT2D eigenvalue weighted by Gasteiger charge is -2.18. The lowest BCUT2D eigenvalue weighted by Crippen LogP contribution is -2.23. The van der Waals surface area contributed by atoms with Crippen molar-refractivity contribution in [2.75, 3.05) is 33.9 Å². The average molecular weight is 250 g/mol. The first-order valence-corrected chi connectivity index (χ1v) is 6.72. The summed E-state index contributed by atoms with van der Waals surface area (Å²) in [4.78, 5) is 2.34. The molecule has 0 fully saturated rings. The van der Waals surface area contributed by atoms with Crippen molar-refractivity contribution in [3.8, 4) is 0 Å². The molecule has 0 aromatic heterocycles. The molecule has 0 heterocycles. The van der Waals surface area contributed by atoms with E-state index in [1.165, 1.54) is 5.56 Å². The minimum Gasteiger partial charge on any atom is -0.385 e. The summed E-state index contributed by atoms with van der Waals surface area (Å²) >= 11 is 0. The summed E-state index contributed by atoms with van der Waals surface area (Å²) in [7, 11) is 3.91. The third-order valence-corrected chi connectivity index (χ3v) is 3.17. The topological polar surface area (TPSA) is 38.5 Å². The van der Waals surface area contributed by atoms with Gasteiger partial charge in [-0.15, -0.1) is 0 Å². The number of hydrogen-bond donors (Lipinski definition) is 1. The first-order valence-electron chi connectivity index (χ1n) is 6.72. The number of nitrogens with two attached hydrogens (primary N) is 1. The van der Waals surface area contributed by atoms with Gasteiger partial charge in [0.2, 0.25) is 0 Å². The molecule has 0 aliphatic heterocycles. The van der Waals surface area contributed by atoms with E-state index < -0.39 is 0 Å². The van der Waals surface area contributed by atoms with Gasteiger partial charge in [0.15, 0.2) is 0 Å². The van der Waals surface area contributed by atoms with Gasteiger partial charge in [-0.05, 0) is 38.4 Å². The first kappa shape index (κ1) is 15.2. The fourth-order valence-corrected chi connectivity index (χ4v) is 2.04. The Kier molecular flexibility index (Phi) is 7.65. The molecule has 0 spiro atoms. The summed E-state index contributed by atoms with van der Waals surface area (Å²) in [5.74, 6) is 0. The maximum Gasteiger partial charge on any atom is 0.0474 e. The molecule has 0 aliphatic carbocycles. The molecule has 0 amide bonds. The van der Waals surface area contributed by atoms with Crippen molar-refractivity contribution in [2.24, 2.45) is 5.73 Å². The van der Waals surface area contributed by atoms with E-state index in [1.807, 2.05) is 18.2 Å². The Bertz CT molecular complexity index is 303. The van der Waals surface area contributed by atoms with Gasteiger partial charge in [-0.2, -0.15) is 0 Å². The zero-order chi connectivity index (χ0) is 13.2. The van der Waals surface area contributed by atoms with Gasteiger partial charge in [-0.3, -0.25) is 0 Å². The van der Waals surface area contributed by atoms with Crippen LogP contribution in [0.1, 0.15) is 30.9 Å². The summed E-state index contributed by atoms with van der Waals surface area (Å²) in [6.45, 7) is 3.03. The molecule has 3 nitrogen and oxygen atoms in total. The third-order valence-electron chi connectivity index (χ3n) is 3.17. The van der Waals surface area contributed by atoms with Crippen LogP contribution in [0.4, 0.5) is 0 Å². The molecule has 2 N–H and O–H groups in total. The molecule has 1 aromatic carbocycles. The Morgan fingerprint density at radius 3 is 2.50 bits per heavy atom. The first-order chi connectivity index (χ1) is 8.74. The molecule has 0 radical (unpaired) electrons. The van der Waals surface area contributed by atoms with Crippen LogP contribution in [-0.2, 0) is 4.74 Å². The van der Waals surface area contributed by atoms with Crippen LogP contribution in [0.5, 0.6) is 0 Å². The van der Waals surface area contributed by atoms with E-state index in [2.05, 4.69) is 24.1 Å². The number of ether oxygens (including phenoxy) is 1. The number of nitrogens with zero attached hydrogens (tertiary/aromatic N) is 1. The smallest absolute Gasteiger partial charge is 0.0474 e. The van der Waals surface area contributed by atoms with E-state index in [9.17, 15) is 0 Å². The molecule has 1 aromatic rings. The summed E-state index contributed by atoms with van der Waals surface area (Å²) in [6, 6.07) is 10.5. The quantitative estimate of drug-likeness (QED) is 0.684. The molecule has 18 heavy (non-hydrogen) atoms. The van der Waals surface area contributed by atoms with Crippen LogP contribution in [0, 0.1) is 0 Å². The molecular formula is C15H26N2O. The van der Waals surface area contributed by atoms with E-state index in [0.29, 0.717) is 0 Å². The molecule has 0 aliphatic rings. The van der Waals surface area contributed by atoms with Crippen LogP contribution in [0.15, 0.2) is 30.3 Å².